The van der Waals surface area contributed by atoms with E-state index >= 15 is 0 Å². The summed E-state index contributed by atoms with van der Waals surface area (Å²) in [4.78, 5) is 14.1. The Labute approximate surface area is 92.0 Å². The monoisotopic (exact) mass is 208 g/mol. The van der Waals surface area contributed by atoms with E-state index in [0.717, 1.165) is 5.56 Å². The lowest BCUT2D eigenvalue weighted by Gasteiger charge is -1.87. The molecule has 1 aromatic heterocycles. The minimum Gasteiger partial charge on any atom is -0.366 e. The number of nitrogens with zero attached hydrogens (tertiary/aromatic N) is 1. The SMILES string of the molecule is CC.CC.NC(=O)/C=C/c1cccnc1. The molecule has 0 spiro atoms. The molecule has 1 amide bonds. The Bertz CT molecular complexity index is 268. The Hall–Kier alpha value is -1.64. The Morgan fingerprint density at radius 1 is 1.33 bits per heavy atom. The number of nitrogens with two attached hydrogens (primary N) is 1. The van der Waals surface area contributed by atoms with Crippen LogP contribution < -0.4 is 5.73 Å². The van der Waals surface area contributed by atoms with Crippen LogP contribution >= 0.6 is 0 Å². The van der Waals surface area contributed by atoms with Gasteiger partial charge in [0.1, 0.15) is 0 Å². The third-order valence-corrected chi connectivity index (χ3v) is 1.12. The molecule has 0 fully saturated rings. The van der Waals surface area contributed by atoms with Crippen LogP contribution in [0.5, 0.6) is 0 Å². The van der Waals surface area contributed by atoms with E-state index in [0.29, 0.717) is 0 Å². The van der Waals surface area contributed by atoms with Gasteiger partial charge >= 0.3 is 0 Å². The summed E-state index contributed by atoms with van der Waals surface area (Å²) in [6.45, 7) is 8.00. The fraction of sp³-hybridized carbons (Fsp3) is 0.333. The van der Waals surface area contributed by atoms with Crippen LogP contribution in [0.2, 0.25) is 0 Å². The molecule has 3 heteroatoms. The van der Waals surface area contributed by atoms with Crippen molar-refractivity contribution in [2.75, 3.05) is 0 Å². The third kappa shape index (κ3) is 10.3. The van der Waals surface area contributed by atoms with Crippen LogP contribution in [-0.4, -0.2) is 10.9 Å². The maximum atomic E-state index is 10.3. The number of hydrogen-bond donors (Lipinski definition) is 1. The lowest BCUT2D eigenvalue weighted by Crippen LogP contribution is -2.05. The van der Waals surface area contributed by atoms with E-state index in [1.165, 1.54) is 6.08 Å². The average molecular weight is 208 g/mol. The van der Waals surface area contributed by atoms with Crippen molar-refractivity contribution in [1.29, 1.82) is 0 Å². The molecular formula is C12H20N2O. The number of rotatable bonds is 2. The van der Waals surface area contributed by atoms with Crippen LogP contribution in [0.1, 0.15) is 33.3 Å². The van der Waals surface area contributed by atoms with Crippen molar-refractivity contribution in [3.8, 4) is 0 Å². The van der Waals surface area contributed by atoms with E-state index in [-0.39, 0.29) is 0 Å². The normalized spacial score (nSPS) is 8.27. The van der Waals surface area contributed by atoms with Crippen molar-refractivity contribution < 1.29 is 4.79 Å². The first kappa shape index (κ1) is 15.8. The van der Waals surface area contributed by atoms with Crippen LogP contribution in [0.25, 0.3) is 6.08 Å². The van der Waals surface area contributed by atoms with Gasteiger partial charge in [0, 0.05) is 18.5 Å². The Morgan fingerprint density at radius 2 is 1.93 bits per heavy atom. The molecule has 0 radical (unpaired) electrons. The topological polar surface area (TPSA) is 56.0 Å². The summed E-state index contributed by atoms with van der Waals surface area (Å²) in [6.07, 6.45) is 6.24. The summed E-state index contributed by atoms with van der Waals surface area (Å²) in [7, 11) is 0. The molecule has 0 aliphatic carbocycles. The summed E-state index contributed by atoms with van der Waals surface area (Å²) < 4.78 is 0. The predicted octanol–water partition coefficient (Wildman–Crippen LogP) is 2.63. The predicted molar refractivity (Wildman–Crippen MR) is 65.2 cm³/mol. The Balaban J connectivity index is 0. The molecule has 0 atom stereocenters. The van der Waals surface area contributed by atoms with Crippen LogP contribution in [-0.2, 0) is 4.79 Å². The molecule has 3 nitrogen and oxygen atoms in total. The first-order valence-corrected chi connectivity index (χ1v) is 5.16. The van der Waals surface area contributed by atoms with E-state index in [9.17, 15) is 4.79 Å². The minimum atomic E-state index is -0.450. The molecule has 1 aromatic rings. The molecule has 1 rings (SSSR count). The second kappa shape index (κ2) is 12.4. The summed E-state index contributed by atoms with van der Waals surface area (Å²) in [5.74, 6) is -0.450. The highest BCUT2D eigenvalue weighted by atomic mass is 16.1. The van der Waals surface area contributed by atoms with E-state index in [1.807, 2.05) is 33.8 Å². The molecule has 0 bridgehead atoms. The molecule has 0 aliphatic rings. The molecular weight excluding hydrogens is 188 g/mol. The highest BCUT2D eigenvalue weighted by Crippen LogP contribution is 1.97. The van der Waals surface area contributed by atoms with Crippen molar-refractivity contribution >= 4 is 12.0 Å². The van der Waals surface area contributed by atoms with Gasteiger partial charge in [-0.25, -0.2) is 0 Å². The van der Waals surface area contributed by atoms with Gasteiger partial charge in [0.2, 0.25) is 5.91 Å². The maximum Gasteiger partial charge on any atom is 0.241 e. The fourth-order valence-corrected chi connectivity index (χ4v) is 0.653. The largest absolute Gasteiger partial charge is 0.366 e. The van der Waals surface area contributed by atoms with E-state index in [1.54, 1.807) is 24.5 Å². The molecule has 0 unspecified atom stereocenters. The molecule has 1 heterocycles. The first-order chi connectivity index (χ1) is 7.29. The van der Waals surface area contributed by atoms with Crippen LogP contribution in [0.3, 0.4) is 0 Å². The fourth-order valence-electron chi connectivity index (χ4n) is 0.653. The van der Waals surface area contributed by atoms with Crippen molar-refractivity contribution in [1.82, 2.24) is 4.98 Å². The lowest BCUT2D eigenvalue weighted by atomic mass is 10.2. The van der Waals surface area contributed by atoms with Gasteiger partial charge in [-0.2, -0.15) is 0 Å². The van der Waals surface area contributed by atoms with Crippen molar-refractivity contribution in [3.05, 3.63) is 36.2 Å². The number of aromatic nitrogens is 1. The standard InChI is InChI=1S/C8H8N2O.2C2H6/c9-8(11)4-3-7-2-1-5-10-6-7;2*1-2/h1-6H,(H2,9,11);2*1-2H3/b4-3+;;. The zero-order chi connectivity index (χ0) is 12.1. The van der Waals surface area contributed by atoms with Crippen molar-refractivity contribution in [2.45, 2.75) is 27.7 Å². The van der Waals surface area contributed by atoms with Crippen LogP contribution in [0.15, 0.2) is 30.6 Å². The highest BCUT2D eigenvalue weighted by molar-refractivity contribution is 5.90. The number of hydrogen-bond acceptors (Lipinski definition) is 2. The van der Waals surface area contributed by atoms with Crippen molar-refractivity contribution in [3.63, 3.8) is 0 Å². The van der Waals surface area contributed by atoms with Gasteiger partial charge in [0.15, 0.2) is 0 Å². The molecule has 0 saturated heterocycles. The molecule has 2 N–H and O–H groups in total. The first-order valence-electron chi connectivity index (χ1n) is 5.16. The second-order valence-corrected chi connectivity index (χ2v) is 2.02. The quantitative estimate of drug-likeness (QED) is 0.759. The lowest BCUT2D eigenvalue weighted by molar-refractivity contribution is -0.113. The van der Waals surface area contributed by atoms with Gasteiger partial charge in [-0.1, -0.05) is 33.8 Å². The molecule has 0 saturated carbocycles. The third-order valence-electron chi connectivity index (χ3n) is 1.12. The maximum absolute atomic E-state index is 10.3. The van der Waals surface area contributed by atoms with Crippen LogP contribution in [0.4, 0.5) is 0 Å². The summed E-state index contributed by atoms with van der Waals surface area (Å²) in [5, 5.41) is 0. The van der Waals surface area contributed by atoms with Crippen LogP contribution in [0, 0.1) is 0 Å². The molecule has 0 aromatic carbocycles. The van der Waals surface area contributed by atoms with Gasteiger partial charge < -0.3 is 5.73 Å². The van der Waals surface area contributed by atoms with E-state index < -0.39 is 5.91 Å². The van der Waals surface area contributed by atoms with Gasteiger partial charge in [-0.15, -0.1) is 0 Å². The van der Waals surface area contributed by atoms with Gasteiger partial charge in [-0.05, 0) is 17.7 Å². The van der Waals surface area contributed by atoms with E-state index in [2.05, 4.69) is 4.98 Å². The smallest absolute Gasteiger partial charge is 0.241 e. The Kier molecular flexibility index (Phi) is 13.0. The number of carbonyl (C=O) groups excluding carboxylic acids is 1. The molecule has 15 heavy (non-hydrogen) atoms. The van der Waals surface area contributed by atoms with Crippen molar-refractivity contribution in [2.24, 2.45) is 5.73 Å². The molecule has 0 aliphatic heterocycles. The minimum absolute atomic E-state index is 0.450. The second-order valence-electron chi connectivity index (χ2n) is 2.02. The molecule has 84 valence electrons. The van der Waals surface area contributed by atoms with E-state index in [4.69, 9.17) is 5.73 Å². The summed E-state index contributed by atoms with van der Waals surface area (Å²) in [6, 6.07) is 3.63. The number of amides is 1. The average Bonchev–Trinajstić information content (AvgIpc) is 2.33. The summed E-state index contributed by atoms with van der Waals surface area (Å²) >= 11 is 0. The highest BCUT2D eigenvalue weighted by Gasteiger charge is 1.84. The number of primary amides is 1. The zero-order valence-corrected chi connectivity index (χ0v) is 9.90. The zero-order valence-electron chi connectivity index (χ0n) is 9.90. The van der Waals surface area contributed by atoms with Gasteiger partial charge in [0.05, 0.1) is 0 Å². The Morgan fingerprint density at radius 3 is 2.33 bits per heavy atom. The number of pyridine rings is 1. The summed E-state index contributed by atoms with van der Waals surface area (Å²) in [5.41, 5.74) is 5.76. The number of carbonyl (C=O) groups is 1. The van der Waals surface area contributed by atoms with Gasteiger partial charge in [0.25, 0.3) is 0 Å². The van der Waals surface area contributed by atoms with Gasteiger partial charge in [-0.3, -0.25) is 9.78 Å².